The van der Waals surface area contributed by atoms with Gasteiger partial charge in [0, 0.05) is 37.5 Å². The van der Waals surface area contributed by atoms with Gasteiger partial charge in [-0.1, -0.05) is 27.7 Å². The fraction of sp³-hybridized carbons (Fsp3) is 0.724. The van der Waals surface area contributed by atoms with Crippen molar-refractivity contribution in [3.8, 4) is 11.3 Å². The lowest BCUT2D eigenvalue weighted by Crippen LogP contribution is -2.43. The van der Waals surface area contributed by atoms with Crippen molar-refractivity contribution in [2.24, 2.45) is 23.2 Å². The number of piperidine rings is 1. The molecule has 8 heteroatoms. The Hall–Kier alpha value is -2.48. The maximum absolute atomic E-state index is 13.2. The van der Waals surface area contributed by atoms with Crippen LogP contribution < -0.4 is 0 Å². The third-order valence-corrected chi connectivity index (χ3v) is 9.31. The van der Waals surface area contributed by atoms with Crippen molar-refractivity contribution >= 4 is 6.09 Å². The second-order valence-electron chi connectivity index (χ2n) is 12.6. The Morgan fingerprint density at radius 1 is 1.14 bits per heavy atom. The summed E-state index contributed by atoms with van der Waals surface area (Å²) in [5, 5.41) is 0. The number of hydrogen-bond acceptors (Lipinski definition) is 6. The molecule has 3 fully saturated rings. The number of fused-ring (bicyclic) bond motifs is 1. The molecule has 1 amide bonds. The van der Waals surface area contributed by atoms with E-state index in [0.29, 0.717) is 31.2 Å². The molecule has 5 rings (SSSR count). The first kappa shape index (κ1) is 26.1. The average molecular weight is 510 g/mol. The number of imidazole rings is 1. The first-order valence-corrected chi connectivity index (χ1v) is 14.0. The minimum Gasteiger partial charge on any atom is -0.444 e. The van der Waals surface area contributed by atoms with Gasteiger partial charge in [0.2, 0.25) is 0 Å². The summed E-state index contributed by atoms with van der Waals surface area (Å²) in [5.74, 6) is 3.60. The van der Waals surface area contributed by atoms with E-state index in [1.807, 2.05) is 44.3 Å². The topological polar surface area (TPSA) is 82.4 Å². The van der Waals surface area contributed by atoms with Crippen LogP contribution >= 0.6 is 0 Å². The lowest BCUT2D eigenvalue weighted by Gasteiger charge is -2.31. The third kappa shape index (κ3) is 4.66. The lowest BCUT2D eigenvalue weighted by molar-refractivity contribution is 0.0137. The summed E-state index contributed by atoms with van der Waals surface area (Å²) in [6.07, 6.45) is 10.2. The van der Waals surface area contributed by atoms with E-state index in [-0.39, 0.29) is 6.09 Å². The smallest absolute Gasteiger partial charge is 0.411 e. The van der Waals surface area contributed by atoms with Gasteiger partial charge in [0.1, 0.15) is 29.5 Å². The molecule has 0 spiro atoms. The molecule has 2 aliphatic carbocycles. The highest BCUT2D eigenvalue weighted by Crippen LogP contribution is 2.63. The highest BCUT2D eigenvalue weighted by molar-refractivity contribution is 5.71. The van der Waals surface area contributed by atoms with Crippen LogP contribution in [0.5, 0.6) is 0 Å². The van der Waals surface area contributed by atoms with Gasteiger partial charge in [-0.05, 0) is 69.6 Å². The van der Waals surface area contributed by atoms with Gasteiger partial charge in [-0.2, -0.15) is 0 Å². The maximum atomic E-state index is 13.2. The first-order chi connectivity index (χ1) is 17.5. The Morgan fingerprint density at radius 2 is 1.84 bits per heavy atom. The molecule has 2 saturated carbocycles. The van der Waals surface area contributed by atoms with Gasteiger partial charge >= 0.3 is 6.09 Å². The van der Waals surface area contributed by atoms with Crippen LogP contribution in [0.2, 0.25) is 0 Å². The molecule has 0 radical (unpaired) electrons. The molecule has 0 bridgehead atoms. The van der Waals surface area contributed by atoms with Gasteiger partial charge < -0.3 is 14.0 Å². The SMILES string of the molecule is CCCc1ncc(-c2cnc(C34CC3CCN4C(=O)OC(C)(C)C)n2COCCC2(C)C(C)C2C)cn1. The molecule has 0 aromatic carbocycles. The molecule has 37 heavy (non-hydrogen) atoms. The minimum atomic E-state index is -0.542. The number of aryl methyl sites for hydroxylation is 1. The largest absolute Gasteiger partial charge is 0.444 e. The van der Waals surface area contributed by atoms with E-state index >= 15 is 0 Å². The van der Waals surface area contributed by atoms with Crippen LogP contribution in [0.25, 0.3) is 11.3 Å². The molecule has 8 nitrogen and oxygen atoms in total. The normalized spacial score (nSPS) is 30.4. The summed E-state index contributed by atoms with van der Waals surface area (Å²) in [6.45, 7) is 16.7. The summed E-state index contributed by atoms with van der Waals surface area (Å²) in [5.41, 5.74) is 1.23. The van der Waals surface area contributed by atoms with Gasteiger partial charge in [0.25, 0.3) is 0 Å². The molecule has 202 valence electrons. The van der Waals surface area contributed by atoms with E-state index in [9.17, 15) is 4.79 Å². The van der Waals surface area contributed by atoms with Crippen molar-refractivity contribution in [3.05, 3.63) is 30.2 Å². The number of hydrogen-bond donors (Lipinski definition) is 0. The molecular formula is C29H43N5O3. The number of rotatable bonds is 9. The van der Waals surface area contributed by atoms with Crippen LogP contribution in [0.1, 0.15) is 85.8 Å². The monoisotopic (exact) mass is 509 g/mol. The molecular weight excluding hydrogens is 466 g/mol. The Bertz CT molecular complexity index is 1130. The minimum absolute atomic E-state index is 0.263. The van der Waals surface area contributed by atoms with Crippen LogP contribution in [0.15, 0.2) is 18.6 Å². The standard InChI is InChI=1S/C29H43N5O3/c1-8-9-24-30-15-21(16-31-24)23-17-32-25(33(23)18-36-13-11-28(7)19(2)20(28)3)29-14-22(29)10-12-34(29)26(35)37-27(4,5)6/h15-17,19-20,22H,8-14,18H2,1-7H3. The molecule has 1 saturated heterocycles. The third-order valence-electron chi connectivity index (χ3n) is 9.31. The Balaban J connectivity index is 1.42. The summed E-state index contributed by atoms with van der Waals surface area (Å²) < 4.78 is 14.2. The fourth-order valence-corrected chi connectivity index (χ4v) is 6.33. The Morgan fingerprint density at radius 3 is 2.43 bits per heavy atom. The quantitative estimate of drug-likeness (QED) is 0.397. The van der Waals surface area contributed by atoms with E-state index < -0.39 is 11.1 Å². The van der Waals surface area contributed by atoms with Crippen molar-refractivity contribution < 1.29 is 14.3 Å². The van der Waals surface area contributed by atoms with Crippen molar-refractivity contribution in [2.75, 3.05) is 13.2 Å². The summed E-state index contributed by atoms with van der Waals surface area (Å²) in [7, 11) is 0. The van der Waals surface area contributed by atoms with Crippen LogP contribution in [0, 0.1) is 23.2 Å². The second kappa shape index (κ2) is 9.37. The zero-order valence-corrected chi connectivity index (χ0v) is 23.6. The van der Waals surface area contributed by atoms with E-state index in [1.54, 1.807) is 0 Å². The molecule has 2 aromatic heterocycles. The van der Waals surface area contributed by atoms with Crippen LogP contribution in [0.4, 0.5) is 4.79 Å². The van der Waals surface area contributed by atoms with E-state index in [4.69, 9.17) is 14.5 Å². The Labute approximate surface area is 221 Å². The second-order valence-corrected chi connectivity index (χ2v) is 12.6. The van der Waals surface area contributed by atoms with Crippen LogP contribution in [-0.2, 0) is 28.2 Å². The number of carbonyl (C=O) groups is 1. The predicted molar refractivity (Wildman–Crippen MR) is 142 cm³/mol. The lowest BCUT2D eigenvalue weighted by atomic mass is 10.0. The molecule has 2 aromatic rings. The molecule has 4 unspecified atom stereocenters. The van der Waals surface area contributed by atoms with Gasteiger partial charge in [0.05, 0.1) is 11.9 Å². The first-order valence-electron chi connectivity index (χ1n) is 14.0. The summed E-state index contributed by atoms with van der Waals surface area (Å²) in [4.78, 5) is 29.2. The molecule has 3 heterocycles. The number of amides is 1. The van der Waals surface area contributed by atoms with Crippen molar-refractivity contribution in [1.29, 1.82) is 0 Å². The van der Waals surface area contributed by atoms with Crippen molar-refractivity contribution in [2.45, 2.75) is 98.4 Å². The highest BCUT2D eigenvalue weighted by Gasteiger charge is 2.67. The molecule has 0 N–H and O–H groups in total. The maximum Gasteiger partial charge on any atom is 0.411 e. The van der Waals surface area contributed by atoms with Gasteiger partial charge in [-0.25, -0.2) is 19.7 Å². The number of likely N-dealkylation sites (tertiary alicyclic amines) is 1. The predicted octanol–water partition coefficient (Wildman–Crippen LogP) is 5.80. The van der Waals surface area contributed by atoms with E-state index in [2.05, 4.69) is 42.2 Å². The molecule has 1 aliphatic heterocycles. The number of ether oxygens (including phenoxy) is 2. The number of nitrogens with zero attached hydrogens (tertiary/aromatic N) is 5. The average Bonchev–Trinajstić information content (AvgIpc) is 3.46. The van der Waals surface area contributed by atoms with Gasteiger partial charge in [-0.3, -0.25) is 4.90 Å². The van der Waals surface area contributed by atoms with E-state index in [1.165, 1.54) is 0 Å². The molecule has 4 atom stereocenters. The Kier molecular flexibility index (Phi) is 6.62. The van der Waals surface area contributed by atoms with Gasteiger partial charge in [-0.15, -0.1) is 0 Å². The zero-order valence-electron chi connectivity index (χ0n) is 23.6. The molecule has 3 aliphatic rings. The number of carbonyl (C=O) groups excluding carboxylic acids is 1. The summed E-state index contributed by atoms with van der Waals surface area (Å²) >= 11 is 0. The van der Waals surface area contributed by atoms with Crippen LogP contribution in [-0.4, -0.2) is 49.3 Å². The van der Waals surface area contributed by atoms with Crippen molar-refractivity contribution in [1.82, 2.24) is 24.4 Å². The highest BCUT2D eigenvalue weighted by atomic mass is 16.6. The number of aromatic nitrogens is 4. The van der Waals surface area contributed by atoms with E-state index in [0.717, 1.165) is 66.8 Å². The van der Waals surface area contributed by atoms with Gasteiger partial charge in [0.15, 0.2) is 0 Å². The van der Waals surface area contributed by atoms with Crippen molar-refractivity contribution in [3.63, 3.8) is 0 Å². The summed E-state index contributed by atoms with van der Waals surface area (Å²) in [6, 6.07) is 0. The van der Waals surface area contributed by atoms with Crippen LogP contribution in [0.3, 0.4) is 0 Å². The zero-order chi connectivity index (χ0) is 26.6. The fourth-order valence-electron chi connectivity index (χ4n) is 6.33.